The van der Waals surface area contributed by atoms with Crippen molar-refractivity contribution in [1.29, 1.82) is 0 Å². The zero-order chi connectivity index (χ0) is 29.6. The van der Waals surface area contributed by atoms with E-state index in [4.69, 9.17) is 19.5 Å². The second-order valence-corrected chi connectivity index (χ2v) is 9.78. The Labute approximate surface area is 247 Å². The fraction of sp³-hybridized carbons (Fsp3) is 0.222. The molecule has 0 saturated heterocycles. The van der Waals surface area contributed by atoms with Crippen LogP contribution in [0, 0.1) is 0 Å². The normalized spacial score (nSPS) is 12.0. The second-order valence-electron chi connectivity index (χ2n) is 9.78. The van der Waals surface area contributed by atoms with Gasteiger partial charge in [0, 0.05) is 22.3 Å². The molecule has 214 valence electrons. The van der Waals surface area contributed by atoms with E-state index in [2.05, 4.69) is 0 Å². The van der Waals surface area contributed by atoms with Crippen molar-refractivity contribution >= 4 is 23.4 Å². The number of carbonyl (C=O) groups is 2. The maximum atomic E-state index is 12.8. The Morgan fingerprint density at radius 1 is 0.500 bits per heavy atom. The van der Waals surface area contributed by atoms with E-state index in [9.17, 15) is 9.59 Å². The van der Waals surface area contributed by atoms with Crippen LogP contribution in [0.1, 0.15) is 47.9 Å². The minimum atomic E-state index is -0.685. The molecular weight excluding hydrogens is 524 g/mol. The molecule has 0 aromatic heterocycles. The van der Waals surface area contributed by atoms with Crippen LogP contribution in [0.5, 0.6) is 0 Å². The van der Waals surface area contributed by atoms with E-state index >= 15 is 0 Å². The van der Waals surface area contributed by atoms with Crippen LogP contribution in [0.25, 0.3) is 0 Å². The lowest BCUT2D eigenvalue weighted by Gasteiger charge is -2.16. The second kappa shape index (κ2) is 15.8. The van der Waals surface area contributed by atoms with E-state index < -0.39 is 24.0 Å². The summed E-state index contributed by atoms with van der Waals surface area (Å²) in [6, 6.07) is 37.9. The number of hydrogen-bond donors (Lipinski definition) is 0. The first kappa shape index (κ1) is 30.1. The number of carbonyl (C=O) groups excluding carboxylic acids is 2. The highest BCUT2D eigenvalue weighted by molar-refractivity contribution is 6.14. The maximum Gasteiger partial charge on any atom is 0.330 e. The summed E-state index contributed by atoms with van der Waals surface area (Å²) in [5.41, 5.74) is 5.16. The van der Waals surface area contributed by atoms with Crippen molar-refractivity contribution in [2.75, 3.05) is 14.2 Å². The van der Waals surface area contributed by atoms with Gasteiger partial charge in [-0.1, -0.05) is 134 Å². The van der Waals surface area contributed by atoms with Gasteiger partial charge in [0.25, 0.3) is 0 Å². The first-order valence-corrected chi connectivity index (χ1v) is 14.1. The minimum absolute atomic E-state index is 0.391. The van der Waals surface area contributed by atoms with Gasteiger partial charge in [-0.15, -0.1) is 0 Å². The van der Waals surface area contributed by atoms with Gasteiger partial charge in [0.1, 0.15) is 12.1 Å². The molecule has 0 heterocycles. The Morgan fingerprint density at radius 2 is 0.762 bits per heavy atom. The van der Waals surface area contributed by atoms with Gasteiger partial charge in [-0.3, -0.25) is 9.98 Å². The summed E-state index contributed by atoms with van der Waals surface area (Å²) in [5.74, 6) is -0.783. The molecule has 42 heavy (non-hydrogen) atoms. The van der Waals surface area contributed by atoms with Gasteiger partial charge >= 0.3 is 11.9 Å². The molecule has 0 aliphatic carbocycles. The molecule has 0 spiro atoms. The molecule has 2 atom stereocenters. The lowest BCUT2D eigenvalue weighted by atomic mass is 10.00. The Hall–Kier alpha value is -4.84. The number of aliphatic imine (C=N–C) groups is 2. The highest BCUT2D eigenvalue weighted by Gasteiger charge is 2.23. The van der Waals surface area contributed by atoms with Gasteiger partial charge in [0.2, 0.25) is 0 Å². The number of unbranched alkanes of at least 4 members (excludes halogenated alkanes) is 1. The van der Waals surface area contributed by atoms with Gasteiger partial charge < -0.3 is 9.47 Å². The summed E-state index contributed by atoms with van der Waals surface area (Å²) >= 11 is 0. The highest BCUT2D eigenvalue weighted by Crippen LogP contribution is 2.19. The van der Waals surface area contributed by atoms with E-state index in [1.54, 1.807) is 0 Å². The summed E-state index contributed by atoms with van der Waals surface area (Å²) in [6.07, 6.45) is 2.24. The number of benzene rings is 4. The van der Waals surface area contributed by atoms with Crippen molar-refractivity contribution in [1.82, 2.24) is 0 Å². The van der Waals surface area contributed by atoms with E-state index in [0.717, 1.165) is 33.7 Å². The van der Waals surface area contributed by atoms with Gasteiger partial charge in [0.05, 0.1) is 25.6 Å². The molecule has 6 nitrogen and oxygen atoms in total. The van der Waals surface area contributed by atoms with Gasteiger partial charge in [-0.2, -0.15) is 0 Å². The molecule has 0 radical (unpaired) electrons. The lowest BCUT2D eigenvalue weighted by molar-refractivity contribution is -0.143. The number of methoxy groups -OCH3 is 2. The van der Waals surface area contributed by atoms with Crippen molar-refractivity contribution in [2.24, 2.45) is 9.98 Å². The zero-order valence-corrected chi connectivity index (χ0v) is 24.1. The maximum absolute atomic E-state index is 12.8. The van der Waals surface area contributed by atoms with Crippen LogP contribution in [0.3, 0.4) is 0 Å². The molecule has 0 bridgehead atoms. The third kappa shape index (κ3) is 8.33. The van der Waals surface area contributed by atoms with E-state index in [1.165, 1.54) is 14.2 Å². The first-order chi connectivity index (χ1) is 20.6. The van der Waals surface area contributed by atoms with E-state index in [0.29, 0.717) is 25.7 Å². The van der Waals surface area contributed by atoms with Gasteiger partial charge in [-0.05, 0) is 12.8 Å². The molecule has 0 amide bonds. The molecule has 4 aromatic rings. The van der Waals surface area contributed by atoms with Crippen molar-refractivity contribution in [3.8, 4) is 0 Å². The average molecular weight is 561 g/mol. The standard InChI is InChI=1S/C36H36N2O4/c1-41-35(39)31(37-33(27-17-7-3-8-18-27)28-19-9-4-10-20-28)25-15-16-26-32(36(40)42-2)38-34(29-21-11-5-12-22-29)30-23-13-6-14-24-30/h3-14,17-24,31-32H,15-16,25-26H2,1-2H3. The molecule has 4 aromatic carbocycles. The number of hydrogen-bond acceptors (Lipinski definition) is 6. The first-order valence-electron chi connectivity index (χ1n) is 14.1. The number of ether oxygens (including phenoxy) is 2. The van der Waals surface area contributed by atoms with Crippen LogP contribution < -0.4 is 0 Å². The molecular formula is C36H36N2O4. The van der Waals surface area contributed by atoms with Crippen LogP contribution in [-0.2, 0) is 19.1 Å². The Balaban J connectivity index is 1.54. The average Bonchev–Trinajstić information content (AvgIpc) is 3.06. The summed E-state index contributed by atoms with van der Waals surface area (Å²) in [7, 11) is 2.76. The SMILES string of the molecule is COC(=O)C(CCCCC(N=C(c1ccccc1)c1ccccc1)C(=O)OC)N=C(c1ccccc1)c1ccccc1. The topological polar surface area (TPSA) is 77.3 Å². The fourth-order valence-electron chi connectivity index (χ4n) is 4.74. The van der Waals surface area contributed by atoms with Crippen LogP contribution in [-0.4, -0.2) is 49.7 Å². The predicted molar refractivity (Wildman–Crippen MR) is 167 cm³/mol. The monoisotopic (exact) mass is 560 g/mol. The fourth-order valence-corrected chi connectivity index (χ4v) is 4.74. The summed E-state index contributed by atoms with van der Waals surface area (Å²) in [5, 5.41) is 0. The van der Waals surface area contributed by atoms with Crippen LogP contribution in [0.2, 0.25) is 0 Å². The van der Waals surface area contributed by atoms with Crippen molar-refractivity contribution in [3.05, 3.63) is 144 Å². The molecule has 0 aliphatic rings. The quantitative estimate of drug-likeness (QED) is 0.104. The van der Waals surface area contributed by atoms with Crippen molar-refractivity contribution < 1.29 is 19.1 Å². The zero-order valence-electron chi connectivity index (χ0n) is 24.1. The molecule has 0 saturated carbocycles. The molecule has 2 unspecified atom stereocenters. The van der Waals surface area contributed by atoms with Crippen molar-refractivity contribution in [3.63, 3.8) is 0 Å². The van der Waals surface area contributed by atoms with E-state index in [-0.39, 0.29) is 0 Å². The smallest absolute Gasteiger partial charge is 0.330 e. The third-order valence-corrected chi connectivity index (χ3v) is 6.91. The van der Waals surface area contributed by atoms with Crippen LogP contribution in [0.15, 0.2) is 131 Å². The lowest BCUT2D eigenvalue weighted by Crippen LogP contribution is -2.24. The van der Waals surface area contributed by atoms with Gasteiger partial charge in [-0.25, -0.2) is 9.59 Å². The van der Waals surface area contributed by atoms with Crippen molar-refractivity contribution in [2.45, 2.75) is 37.8 Å². The van der Waals surface area contributed by atoms with E-state index in [1.807, 2.05) is 121 Å². The minimum Gasteiger partial charge on any atom is -0.467 e. The van der Waals surface area contributed by atoms with Crippen LogP contribution >= 0.6 is 0 Å². The molecule has 4 rings (SSSR count). The highest BCUT2D eigenvalue weighted by atomic mass is 16.5. The Morgan fingerprint density at radius 3 is 1.00 bits per heavy atom. The largest absolute Gasteiger partial charge is 0.467 e. The molecule has 0 aliphatic heterocycles. The molecule has 0 N–H and O–H groups in total. The number of nitrogens with zero attached hydrogens (tertiary/aromatic N) is 2. The predicted octanol–water partition coefficient (Wildman–Crippen LogP) is 6.71. The number of esters is 2. The molecule has 6 heteroatoms. The summed E-state index contributed by atoms with van der Waals surface area (Å²) in [6.45, 7) is 0. The third-order valence-electron chi connectivity index (χ3n) is 6.91. The molecule has 0 fully saturated rings. The Kier molecular flexibility index (Phi) is 11.3. The summed E-state index contributed by atoms with van der Waals surface area (Å²) in [4.78, 5) is 35.5. The summed E-state index contributed by atoms with van der Waals surface area (Å²) < 4.78 is 10.3. The van der Waals surface area contributed by atoms with Crippen LogP contribution in [0.4, 0.5) is 0 Å². The Bertz CT molecular complexity index is 1270. The van der Waals surface area contributed by atoms with Gasteiger partial charge in [0.15, 0.2) is 0 Å². The number of rotatable bonds is 13.